The number of benzene rings is 1. The van der Waals surface area contributed by atoms with Gasteiger partial charge in [-0.25, -0.2) is 0 Å². The largest absolute Gasteiger partial charge is 0.497 e. The second-order valence-corrected chi connectivity index (χ2v) is 5.47. The lowest BCUT2D eigenvalue weighted by Gasteiger charge is -2.14. The highest BCUT2D eigenvalue weighted by Crippen LogP contribution is 2.28. The molecule has 1 atom stereocenters. The van der Waals surface area contributed by atoms with Crippen molar-refractivity contribution in [1.29, 1.82) is 0 Å². The van der Waals surface area contributed by atoms with E-state index in [9.17, 15) is 4.79 Å². The van der Waals surface area contributed by atoms with Crippen molar-refractivity contribution in [3.63, 3.8) is 0 Å². The predicted molar refractivity (Wildman–Crippen MR) is 79.9 cm³/mol. The summed E-state index contributed by atoms with van der Waals surface area (Å²) in [5.74, 6) is 1.40. The molecule has 1 unspecified atom stereocenters. The second-order valence-electron chi connectivity index (χ2n) is 5.47. The van der Waals surface area contributed by atoms with Gasteiger partial charge in [-0.3, -0.25) is 4.79 Å². The molecule has 1 aliphatic rings. The standard InChI is InChI=1S/C16H24N2O2/c1-12(11-13-3-7-15(20-2)8-4-13)17-9-10-18-16(19)14-5-6-14/h3-4,7-8,12,14,17H,5-6,9-11H2,1-2H3,(H,18,19). The molecule has 20 heavy (non-hydrogen) atoms. The van der Waals surface area contributed by atoms with Gasteiger partial charge in [-0.1, -0.05) is 12.1 Å². The van der Waals surface area contributed by atoms with E-state index in [2.05, 4.69) is 29.7 Å². The molecule has 2 N–H and O–H groups in total. The van der Waals surface area contributed by atoms with Crippen molar-refractivity contribution in [3.05, 3.63) is 29.8 Å². The summed E-state index contributed by atoms with van der Waals surface area (Å²) in [6.45, 7) is 3.69. The van der Waals surface area contributed by atoms with Crippen molar-refractivity contribution in [1.82, 2.24) is 10.6 Å². The van der Waals surface area contributed by atoms with Crippen LogP contribution >= 0.6 is 0 Å². The first-order valence-electron chi connectivity index (χ1n) is 7.33. The zero-order chi connectivity index (χ0) is 14.4. The van der Waals surface area contributed by atoms with Gasteiger partial charge in [0.1, 0.15) is 5.75 Å². The summed E-state index contributed by atoms with van der Waals surface area (Å²) in [7, 11) is 1.68. The van der Waals surface area contributed by atoms with E-state index in [4.69, 9.17) is 4.74 Å². The number of amides is 1. The van der Waals surface area contributed by atoms with Crippen molar-refractivity contribution >= 4 is 5.91 Å². The summed E-state index contributed by atoms with van der Waals surface area (Å²) in [4.78, 5) is 11.5. The third-order valence-corrected chi connectivity index (χ3v) is 3.57. The molecule has 0 bridgehead atoms. The molecular weight excluding hydrogens is 252 g/mol. The molecule has 1 aromatic rings. The number of hydrogen-bond donors (Lipinski definition) is 2. The average Bonchev–Trinajstić information content (AvgIpc) is 3.29. The van der Waals surface area contributed by atoms with Gasteiger partial charge in [0.05, 0.1) is 7.11 Å². The molecule has 1 aliphatic carbocycles. The summed E-state index contributed by atoms with van der Waals surface area (Å²) in [6.07, 6.45) is 3.10. The predicted octanol–water partition coefficient (Wildman–Crippen LogP) is 1.74. The van der Waals surface area contributed by atoms with Crippen LogP contribution < -0.4 is 15.4 Å². The first-order chi connectivity index (χ1) is 9.69. The molecule has 0 spiro atoms. The third kappa shape index (κ3) is 4.85. The normalized spacial score (nSPS) is 15.7. The zero-order valence-corrected chi connectivity index (χ0v) is 12.3. The van der Waals surface area contributed by atoms with Crippen LogP contribution in [0, 0.1) is 5.92 Å². The van der Waals surface area contributed by atoms with Gasteiger partial charge in [-0.15, -0.1) is 0 Å². The summed E-state index contributed by atoms with van der Waals surface area (Å²) < 4.78 is 5.14. The number of methoxy groups -OCH3 is 1. The summed E-state index contributed by atoms with van der Waals surface area (Å²) in [6, 6.07) is 8.54. The Hall–Kier alpha value is -1.55. The lowest BCUT2D eigenvalue weighted by atomic mass is 10.1. The molecule has 2 rings (SSSR count). The highest BCUT2D eigenvalue weighted by Gasteiger charge is 2.28. The van der Waals surface area contributed by atoms with Crippen LogP contribution in [0.2, 0.25) is 0 Å². The Morgan fingerprint density at radius 2 is 2.00 bits per heavy atom. The second kappa shape index (κ2) is 7.29. The van der Waals surface area contributed by atoms with Crippen LogP contribution in [0.15, 0.2) is 24.3 Å². The molecule has 1 fully saturated rings. The fraction of sp³-hybridized carbons (Fsp3) is 0.562. The smallest absolute Gasteiger partial charge is 0.223 e. The van der Waals surface area contributed by atoms with E-state index in [0.717, 1.165) is 31.6 Å². The topological polar surface area (TPSA) is 50.4 Å². The van der Waals surface area contributed by atoms with E-state index >= 15 is 0 Å². The molecule has 1 amide bonds. The minimum atomic E-state index is 0.217. The molecule has 1 aromatic carbocycles. The van der Waals surface area contributed by atoms with Crippen LogP contribution in [-0.2, 0) is 11.2 Å². The van der Waals surface area contributed by atoms with E-state index in [1.54, 1.807) is 7.11 Å². The molecule has 4 heteroatoms. The quantitative estimate of drug-likeness (QED) is 0.711. The fourth-order valence-corrected chi connectivity index (χ4v) is 2.18. The Morgan fingerprint density at radius 3 is 2.60 bits per heavy atom. The molecule has 4 nitrogen and oxygen atoms in total. The van der Waals surface area contributed by atoms with Crippen LogP contribution in [0.1, 0.15) is 25.3 Å². The monoisotopic (exact) mass is 276 g/mol. The van der Waals surface area contributed by atoms with Crippen molar-refractivity contribution in [2.75, 3.05) is 20.2 Å². The maximum Gasteiger partial charge on any atom is 0.223 e. The molecule has 0 aliphatic heterocycles. The van der Waals surface area contributed by atoms with Gasteiger partial charge in [0.2, 0.25) is 5.91 Å². The Balaban J connectivity index is 1.61. The van der Waals surface area contributed by atoms with Gasteiger partial charge in [-0.2, -0.15) is 0 Å². The van der Waals surface area contributed by atoms with E-state index < -0.39 is 0 Å². The Bertz CT molecular complexity index is 427. The minimum Gasteiger partial charge on any atom is -0.497 e. The van der Waals surface area contributed by atoms with Crippen LogP contribution in [0.3, 0.4) is 0 Å². The molecule has 1 saturated carbocycles. The van der Waals surface area contributed by atoms with Crippen molar-refractivity contribution in [3.8, 4) is 5.75 Å². The van der Waals surface area contributed by atoms with E-state index in [1.165, 1.54) is 5.56 Å². The lowest BCUT2D eigenvalue weighted by Crippen LogP contribution is -2.37. The van der Waals surface area contributed by atoms with E-state index in [-0.39, 0.29) is 5.91 Å². The van der Waals surface area contributed by atoms with Gasteiger partial charge in [0.15, 0.2) is 0 Å². The van der Waals surface area contributed by atoms with Crippen LogP contribution in [0.4, 0.5) is 0 Å². The minimum absolute atomic E-state index is 0.217. The summed E-state index contributed by atoms with van der Waals surface area (Å²) >= 11 is 0. The Labute approximate surface area is 120 Å². The van der Waals surface area contributed by atoms with Crippen LogP contribution in [-0.4, -0.2) is 32.1 Å². The highest BCUT2D eigenvalue weighted by molar-refractivity contribution is 5.80. The van der Waals surface area contributed by atoms with Crippen molar-refractivity contribution in [2.24, 2.45) is 5.92 Å². The van der Waals surface area contributed by atoms with Gasteiger partial charge in [-0.05, 0) is 43.9 Å². The third-order valence-electron chi connectivity index (χ3n) is 3.57. The molecule has 110 valence electrons. The van der Waals surface area contributed by atoms with Gasteiger partial charge < -0.3 is 15.4 Å². The lowest BCUT2D eigenvalue weighted by molar-refractivity contribution is -0.122. The number of carbonyl (C=O) groups excluding carboxylic acids is 1. The maximum absolute atomic E-state index is 11.5. The van der Waals surface area contributed by atoms with Crippen LogP contribution in [0.25, 0.3) is 0 Å². The Morgan fingerprint density at radius 1 is 1.30 bits per heavy atom. The molecule has 0 heterocycles. The van der Waals surface area contributed by atoms with Crippen molar-refractivity contribution in [2.45, 2.75) is 32.2 Å². The Kier molecular flexibility index (Phi) is 5.41. The number of rotatable bonds is 8. The number of nitrogens with one attached hydrogen (secondary N) is 2. The zero-order valence-electron chi connectivity index (χ0n) is 12.3. The highest BCUT2D eigenvalue weighted by atomic mass is 16.5. The van der Waals surface area contributed by atoms with Gasteiger partial charge >= 0.3 is 0 Å². The summed E-state index contributed by atoms with van der Waals surface area (Å²) in [5, 5.41) is 6.39. The molecule has 0 radical (unpaired) electrons. The van der Waals surface area contributed by atoms with Crippen molar-refractivity contribution < 1.29 is 9.53 Å². The first kappa shape index (κ1) is 14.9. The van der Waals surface area contributed by atoms with Gasteiger partial charge in [0, 0.05) is 25.0 Å². The average molecular weight is 276 g/mol. The number of ether oxygens (including phenoxy) is 1. The molecule has 0 aromatic heterocycles. The molecule has 0 saturated heterocycles. The fourth-order valence-electron chi connectivity index (χ4n) is 2.18. The number of hydrogen-bond acceptors (Lipinski definition) is 3. The van der Waals surface area contributed by atoms with E-state index in [1.807, 2.05) is 12.1 Å². The van der Waals surface area contributed by atoms with E-state index in [0.29, 0.717) is 18.5 Å². The maximum atomic E-state index is 11.5. The van der Waals surface area contributed by atoms with Crippen LogP contribution in [0.5, 0.6) is 5.75 Å². The van der Waals surface area contributed by atoms with Gasteiger partial charge in [0.25, 0.3) is 0 Å². The molecular formula is C16H24N2O2. The summed E-state index contributed by atoms with van der Waals surface area (Å²) in [5.41, 5.74) is 1.29. The first-order valence-corrected chi connectivity index (χ1v) is 7.33. The number of carbonyl (C=O) groups is 1. The SMILES string of the molecule is COc1ccc(CC(C)NCCNC(=O)C2CC2)cc1.